The van der Waals surface area contributed by atoms with Gasteiger partial charge in [0.25, 0.3) is 0 Å². The van der Waals surface area contributed by atoms with Gasteiger partial charge in [-0.15, -0.1) is 0 Å². The Morgan fingerprint density at radius 1 is 1.20 bits per heavy atom. The predicted molar refractivity (Wildman–Crippen MR) is 118 cm³/mol. The van der Waals surface area contributed by atoms with Crippen LogP contribution in [0.4, 0.5) is 17.5 Å². The summed E-state index contributed by atoms with van der Waals surface area (Å²) in [6, 6.07) is 8.43. The molecule has 1 saturated carbocycles. The van der Waals surface area contributed by atoms with Gasteiger partial charge in [-0.3, -0.25) is 10.1 Å². The molecule has 0 unspecified atom stereocenters. The number of aromatic amines is 1. The minimum atomic E-state index is -0.450. The Bertz CT molecular complexity index is 1010. The fourth-order valence-corrected chi connectivity index (χ4v) is 4.01. The highest BCUT2D eigenvalue weighted by Crippen LogP contribution is 2.26. The molecule has 30 heavy (non-hydrogen) atoms. The first-order valence-corrected chi connectivity index (χ1v) is 10.4. The molecular weight excluding hydrogens is 382 g/mol. The summed E-state index contributed by atoms with van der Waals surface area (Å²) in [5, 5.41) is 18.9. The summed E-state index contributed by atoms with van der Waals surface area (Å²) >= 11 is 0. The average Bonchev–Trinajstić information content (AvgIpc) is 3.16. The van der Waals surface area contributed by atoms with Gasteiger partial charge in [0.15, 0.2) is 0 Å². The first-order chi connectivity index (χ1) is 14.6. The second kappa shape index (κ2) is 9.08. The van der Waals surface area contributed by atoms with Gasteiger partial charge in [-0.05, 0) is 49.7 Å². The molecule has 0 saturated heterocycles. The van der Waals surface area contributed by atoms with Crippen LogP contribution in [-0.4, -0.2) is 39.0 Å². The van der Waals surface area contributed by atoms with E-state index in [4.69, 9.17) is 5.73 Å². The molecule has 4 rings (SSSR count). The summed E-state index contributed by atoms with van der Waals surface area (Å²) < 4.78 is 0. The molecular formula is C21H27N7O2. The Morgan fingerprint density at radius 3 is 2.80 bits per heavy atom. The molecule has 1 aliphatic rings. The van der Waals surface area contributed by atoms with Crippen molar-refractivity contribution in [2.45, 2.75) is 38.1 Å². The SMILES string of the molecule is N[C@H]1CC[C@H](CNc2nc(NCCc3c[nH]c4ccccc34)ncc2[N+](=O)[O-])CC1. The van der Waals surface area contributed by atoms with Crippen molar-refractivity contribution in [1.82, 2.24) is 15.0 Å². The third-order valence-corrected chi connectivity index (χ3v) is 5.77. The molecule has 0 aliphatic heterocycles. The number of nitrogens with one attached hydrogen (secondary N) is 3. The van der Waals surface area contributed by atoms with Gasteiger partial charge >= 0.3 is 5.69 Å². The largest absolute Gasteiger partial charge is 0.364 e. The Hall–Kier alpha value is -3.20. The summed E-state index contributed by atoms with van der Waals surface area (Å²) in [5.74, 6) is 1.10. The highest BCUT2D eigenvalue weighted by molar-refractivity contribution is 5.83. The lowest BCUT2D eigenvalue weighted by atomic mass is 9.86. The fraction of sp³-hybridized carbons (Fsp3) is 0.429. The van der Waals surface area contributed by atoms with Crippen molar-refractivity contribution in [3.05, 3.63) is 52.3 Å². The van der Waals surface area contributed by atoms with Crippen molar-refractivity contribution in [3.8, 4) is 0 Å². The van der Waals surface area contributed by atoms with Crippen LogP contribution in [0, 0.1) is 16.0 Å². The number of hydrogen-bond acceptors (Lipinski definition) is 7. The number of H-pyrrole nitrogens is 1. The summed E-state index contributed by atoms with van der Waals surface area (Å²) in [6.07, 6.45) is 8.12. The van der Waals surface area contributed by atoms with E-state index in [-0.39, 0.29) is 17.5 Å². The predicted octanol–water partition coefficient (Wildman–Crippen LogP) is 3.45. The number of para-hydroxylation sites is 1. The molecule has 0 spiro atoms. The molecule has 158 valence electrons. The molecule has 3 aromatic rings. The molecule has 0 bridgehead atoms. The van der Waals surface area contributed by atoms with Gasteiger partial charge in [-0.2, -0.15) is 4.98 Å². The number of nitrogens with two attached hydrogens (primary N) is 1. The maximum atomic E-state index is 11.4. The summed E-state index contributed by atoms with van der Waals surface area (Å²) in [4.78, 5) is 22.7. The molecule has 9 heteroatoms. The first-order valence-electron chi connectivity index (χ1n) is 10.4. The van der Waals surface area contributed by atoms with E-state index in [1.165, 1.54) is 17.1 Å². The van der Waals surface area contributed by atoms with Gasteiger partial charge in [-0.1, -0.05) is 18.2 Å². The number of benzene rings is 1. The van der Waals surface area contributed by atoms with Crippen LogP contribution in [0.3, 0.4) is 0 Å². The lowest BCUT2D eigenvalue weighted by Gasteiger charge is -2.26. The van der Waals surface area contributed by atoms with Crippen molar-refractivity contribution in [1.29, 1.82) is 0 Å². The molecule has 2 aromatic heterocycles. The van der Waals surface area contributed by atoms with E-state index in [2.05, 4.69) is 31.7 Å². The van der Waals surface area contributed by atoms with Gasteiger partial charge in [0.1, 0.15) is 6.20 Å². The number of nitro groups is 1. The smallest absolute Gasteiger partial charge is 0.329 e. The molecule has 5 N–H and O–H groups in total. The minimum Gasteiger partial charge on any atom is -0.364 e. The number of aromatic nitrogens is 3. The third kappa shape index (κ3) is 4.68. The molecule has 0 amide bonds. The number of nitrogens with zero attached hydrogens (tertiary/aromatic N) is 3. The van der Waals surface area contributed by atoms with Crippen molar-refractivity contribution >= 4 is 28.4 Å². The maximum Gasteiger partial charge on any atom is 0.329 e. The monoisotopic (exact) mass is 409 g/mol. The van der Waals surface area contributed by atoms with E-state index in [0.29, 0.717) is 25.0 Å². The molecule has 0 radical (unpaired) electrons. The zero-order chi connectivity index (χ0) is 20.9. The molecule has 1 fully saturated rings. The van der Waals surface area contributed by atoms with E-state index < -0.39 is 4.92 Å². The number of fused-ring (bicyclic) bond motifs is 1. The van der Waals surface area contributed by atoms with Crippen LogP contribution in [0.5, 0.6) is 0 Å². The quantitative estimate of drug-likeness (QED) is 0.330. The van der Waals surface area contributed by atoms with Crippen LogP contribution in [0.15, 0.2) is 36.7 Å². The van der Waals surface area contributed by atoms with Crippen LogP contribution in [0.25, 0.3) is 10.9 Å². The van der Waals surface area contributed by atoms with Gasteiger partial charge in [-0.25, -0.2) is 4.98 Å². The van der Waals surface area contributed by atoms with Crippen molar-refractivity contribution in [3.63, 3.8) is 0 Å². The van der Waals surface area contributed by atoms with E-state index in [1.807, 2.05) is 24.4 Å². The lowest BCUT2D eigenvalue weighted by molar-refractivity contribution is -0.384. The first kappa shape index (κ1) is 20.1. The number of rotatable bonds is 8. The normalized spacial score (nSPS) is 19.0. The number of hydrogen-bond donors (Lipinski definition) is 4. The highest BCUT2D eigenvalue weighted by atomic mass is 16.6. The molecule has 1 aliphatic carbocycles. The van der Waals surface area contributed by atoms with Crippen LogP contribution in [-0.2, 0) is 6.42 Å². The fourth-order valence-electron chi connectivity index (χ4n) is 4.01. The third-order valence-electron chi connectivity index (χ3n) is 5.77. The lowest BCUT2D eigenvalue weighted by Crippen LogP contribution is -2.29. The summed E-state index contributed by atoms with van der Waals surface area (Å²) in [7, 11) is 0. The van der Waals surface area contributed by atoms with Crippen LogP contribution in [0.1, 0.15) is 31.2 Å². The molecule has 2 heterocycles. The van der Waals surface area contributed by atoms with E-state index in [1.54, 1.807) is 0 Å². The number of anilines is 2. The second-order valence-electron chi connectivity index (χ2n) is 7.88. The second-order valence-corrected chi connectivity index (χ2v) is 7.88. The van der Waals surface area contributed by atoms with Crippen molar-refractivity contribution in [2.24, 2.45) is 11.7 Å². The van der Waals surface area contributed by atoms with Crippen molar-refractivity contribution < 1.29 is 4.92 Å². The highest BCUT2D eigenvalue weighted by Gasteiger charge is 2.21. The van der Waals surface area contributed by atoms with E-state index in [9.17, 15) is 10.1 Å². The Balaban J connectivity index is 1.38. The van der Waals surface area contributed by atoms with Gasteiger partial charge in [0.2, 0.25) is 11.8 Å². The van der Waals surface area contributed by atoms with Crippen LogP contribution < -0.4 is 16.4 Å². The van der Waals surface area contributed by atoms with Gasteiger partial charge in [0.05, 0.1) is 4.92 Å². The van der Waals surface area contributed by atoms with Crippen molar-refractivity contribution in [2.75, 3.05) is 23.7 Å². The minimum absolute atomic E-state index is 0.107. The zero-order valence-electron chi connectivity index (χ0n) is 16.8. The Labute approximate surface area is 174 Å². The van der Waals surface area contributed by atoms with Crippen LogP contribution >= 0.6 is 0 Å². The standard InChI is InChI=1S/C21H27N7O2/c22-16-7-5-14(6-8-16)11-25-20-19(28(29)30)13-26-21(27-20)23-10-9-15-12-24-18-4-2-1-3-17(15)18/h1-4,12-14,16,24H,5-11,22H2,(H2,23,25,26,27)/t14-,16-. The molecule has 0 atom stereocenters. The van der Waals surface area contributed by atoms with Gasteiger partial charge in [0, 0.05) is 36.2 Å². The van der Waals surface area contributed by atoms with Crippen LogP contribution in [0.2, 0.25) is 0 Å². The maximum absolute atomic E-state index is 11.4. The average molecular weight is 409 g/mol. The Morgan fingerprint density at radius 2 is 2.00 bits per heavy atom. The van der Waals surface area contributed by atoms with Gasteiger partial charge < -0.3 is 21.4 Å². The molecule has 1 aromatic carbocycles. The van der Waals surface area contributed by atoms with E-state index in [0.717, 1.165) is 37.6 Å². The molecule has 9 nitrogen and oxygen atoms in total. The Kier molecular flexibility index (Phi) is 6.08. The zero-order valence-corrected chi connectivity index (χ0v) is 16.8. The summed E-state index contributed by atoms with van der Waals surface area (Å²) in [5.41, 5.74) is 8.16. The van der Waals surface area contributed by atoms with E-state index >= 15 is 0 Å². The topological polar surface area (TPSA) is 135 Å². The summed E-state index contributed by atoms with van der Waals surface area (Å²) in [6.45, 7) is 1.28.